The van der Waals surface area contributed by atoms with E-state index >= 15 is 0 Å². The van der Waals surface area contributed by atoms with Crippen molar-refractivity contribution in [3.05, 3.63) is 71.2 Å². The summed E-state index contributed by atoms with van der Waals surface area (Å²) >= 11 is 8.09. The van der Waals surface area contributed by atoms with Crippen molar-refractivity contribution in [1.29, 1.82) is 0 Å². The van der Waals surface area contributed by atoms with E-state index in [1.807, 2.05) is 17.4 Å². The molecule has 0 aliphatic carbocycles. The Kier molecular flexibility index (Phi) is 3.77. The van der Waals surface area contributed by atoms with Crippen molar-refractivity contribution in [2.24, 2.45) is 0 Å². The van der Waals surface area contributed by atoms with Gasteiger partial charge in [-0.3, -0.25) is 0 Å². The van der Waals surface area contributed by atoms with Crippen molar-refractivity contribution in [2.75, 3.05) is 0 Å². The maximum Gasteiger partial charge on any atom is 0.119 e. The highest BCUT2D eigenvalue weighted by Crippen LogP contribution is 2.43. The standard InChI is InChI=1S/C24H20ClNOS/c1-24(2,3)14-8-9-20-19(10-14)23-22(18-6-4-5-7-21(18)28-23)26(20)16-11-15(25)12-17(27)13-16/h4-13,27H,1-3H3. The molecule has 28 heavy (non-hydrogen) atoms. The lowest BCUT2D eigenvalue weighted by Gasteiger charge is -2.19. The van der Waals surface area contributed by atoms with Crippen molar-refractivity contribution in [3.63, 3.8) is 0 Å². The van der Waals surface area contributed by atoms with Crippen LogP contribution in [0, 0.1) is 0 Å². The molecule has 3 aromatic carbocycles. The number of hydrogen-bond acceptors (Lipinski definition) is 2. The second kappa shape index (κ2) is 6.00. The van der Waals surface area contributed by atoms with Crippen molar-refractivity contribution < 1.29 is 5.11 Å². The van der Waals surface area contributed by atoms with Crippen LogP contribution in [0.25, 0.3) is 36.9 Å². The van der Waals surface area contributed by atoms with Crippen molar-refractivity contribution >= 4 is 54.1 Å². The number of phenolic OH excluding ortho intramolecular Hbond substituents is 1. The van der Waals surface area contributed by atoms with Crippen LogP contribution >= 0.6 is 22.9 Å². The van der Waals surface area contributed by atoms with E-state index in [4.69, 9.17) is 11.6 Å². The Bertz CT molecular complexity index is 1350. The molecule has 5 aromatic rings. The summed E-state index contributed by atoms with van der Waals surface area (Å²) in [4.78, 5) is 0. The van der Waals surface area contributed by atoms with Gasteiger partial charge in [-0.2, -0.15) is 0 Å². The minimum absolute atomic E-state index is 0.0770. The second-order valence-electron chi connectivity index (χ2n) is 8.26. The van der Waals surface area contributed by atoms with Gasteiger partial charge < -0.3 is 9.67 Å². The molecule has 0 atom stereocenters. The average Bonchev–Trinajstić information content (AvgIpc) is 3.14. The average molecular weight is 406 g/mol. The van der Waals surface area contributed by atoms with Crippen LogP contribution in [0.5, 0.6) is 5.75 Å². The van der Waals surface area contributed by atoms with Crippen LogP contribution in [-0.2, 0) is 5.41 Å². The van der Waals surface area contributed by atoms with E-state index in [-0.39, 0.29) is 11.2 Å². The van der Waals surface area contributed by atoms with Crippen LogP contribution in [0.4, 0.5) is 0 Å². The molecule has 4 heteroatoms. The van der Waals surface area contributed by atoms with Gasteiger partial charge in [-0.05, 0) is 41.3 Å². The van der Waals surface area contributed by atoms with Gasteiger partial charge >= 0.3 is 0 Å². The zero-order valence-corrected chi connectivity index (χ0v) is 17.5. The molecule has 0 saturated heterocycles. The van der Waals surface area contributed by atoms with E-state index in [1.54, 1.807) is 12.1 Å². The molecule has 0 spiro atoms. The van der Waals surface area contributed by atoms with E-state index < -0.39 is 0 Å². The normalized spacial score (nSPS) is 12.4. The molecular formula is C24H20ClNOS. The van der Waals surface area contributed by atoms with Gasteiger partial charge in [0.15, 0.2) is 0 Å². The third-order valence-corrected chi connectivity index (χ3v) is 6.68. The Hall–Kier alpha value is -2.49. The maximum atomic E-state index is 10.2. The van der Waals surface area contributed by atoms with E-state index in [9.17, 15) is 5.11 Å². The molecule has 0 radical (unpaired) electrons. The van der Waals surface area contributed by atoms with Gasteiger partial charge in [-0.1, -0.05) is 56.6 Å². The van der Waals surface area contributed by atoms with Gasteiger partial charge in [0.25, 0.3) is 0 Å². The predicted molar refractivity (Wildman–Crippen MR) is 122 cm³/mol. The lowest BCUT2D eigenvalue weighted by atomic mass is 9.86. The topological polar surface area (TPSA) is 25.2 Å². The number of phenols is 1. The second-order valence-corrected chi connectivity index (χ2v) is 9.75. The maximum absolute atomic E-state index is 10.2. The third kappa shape index (κ3) is 2.61. The lowest BCUT2D eigenvalue weighted by Crippen LogP contribution is -2.10. The minimum atomic E-state index is 0.0770. The molecule has 1 N–H and O–H groups in total. The molecule has 140 valence electrons. The molecule has 2 heterocycles. The molecule has 5 rings (SSSR count). The molecule has 2 nitrogen and oxygen atoms in total. The molecule has 0 unspecified atom stereocenters. The molecule has 2 aromatic heterocycles. The number of nitrogens with zero attached hydrogens (tertiary/aromatic N) is 1. The Balaban J connectivity index is 1.99. The largest absolute Gasteiger partial charge is 0.508 e. The number of rotatable bonds is 1. The summed E-state index contributed by atoms with van der Waals surface area (Å²) in [6, 6.07) is 20.4. The number of benzene rings is 3. The number of fused-ring (bicyclic) bond motifs is 5. The van der Waals surface area contributed by atoms with Crippen molar-refractivity contribution in [1.82, 2.24) is 4.57 Å². The fourth-order valence-electron chi connectivity index (χ4n) is 3.89. The van der Waals surface area contributed by atoms with Crippen molar-refractivity contribution in [3.8, 4) is 11.4 Å². The first kappa shape index (κ1) is 17.6. The molecule has 0 fully saturated rings. The van der Waals surface area contributed by atoms with Gasteiger partial charge in [0.05, 0.1) is 21.4 Å². The highest BCUT2D eigenvalue weighted by Gasteiger charge is 2.21. The summed E-state index contributed by atoms with van der Waals surface area (Å²) in [7, 11) is 0. The van der Waals surface area contributed by atoms with E-state index in [2.05, 4.69) is 67.8 Å². The SMILES string of the molecule is CC(C)(C)c1ccc2c(c1)c1sc3ccccc3c1n2-c1cc(O)cc(Cl)c1. The number of thiophene rings is 1. The first-order chi connectivity index (χ1) is 13.3. The molecular weight excluding hydrogens is 386 g/mol. The summed E-state index contributed by atoms with van der Waals surface area (Å²) in [5.41, 5.74) is 4.56. The first-order valence-electron chi connectivity index (χ1n) is 9.29. The monoisotopic (exact) mass is 405 g/mol. The van der Waals surface area contributed by atoms with E-state index in [0.717, 1.165) is 11.2 Å². The van der Waals surface area contributed by atoms with Crippen LogP contribution in [0.2, 0.25) is 5.02 Å². The summed E-state index contributed by atoms with van der Waals surface area (Å²) in [6.45, 7) is 6.72. The van der Waals surface area contributed by atoms with Crippen LogP contribution in [0.1, 0.15) is 26.3 Å². The zero-order valence-electron chi connectivity index (χ0n) is 16.0. The number of aromatic nitrogens is 1. The highest BCUT2D eigenvalue weighted by molar-refractivity contribution is 7.26. The molecule has 0 aliphatic heterocycles. The lowest BCUT2D eigenvalue weighted by molar-refractivity contribution is 0.475. The number of hydrogen-bond donors (Lipinski definition) is 1. The Morgan fingerprint density at radius 2 is 1.71 bits per heavy atom. The smallest absolute Gasteiger partial charge is 0.119 e. The van der Waals surface area contributed by atoms with Crippen LogP contribution in [0.3, 0.4) is 0 Å². The van der Waals surface area contributed by atoms with E-state index in [0.29, 0.717) is 5.02 Å². The van der Waals surface area contributed by atoms with Gasteiger partial charge in [0, 0.05) is 26.6 Å². The van der Waals surface area contributed by atoms with Gasteiger partial charge in [0.2, 0.25) is 0 Å². The number of aromatic hydroxyl groups is 1. The Labute approximate surface area is 172 Å². The first-order valence-corrected chi connectivity index (χ1v) is 10.5. The molecule has 0 bridgehead atoms. The van der Waals surface area contributed by atoms with Crippen LogP contribution in [-0.4, -0.2) is 9.67 Å². The summed E-state index contributed by atoms with van der Waals surface area (Å²) in [5, 5.41) is 13.1. The van der Waals surface area contributed by atoms with Gasteiger partial charge in [0.1, 0.15) is 5.75 Å². The zero-order chi connectivity index (χ0) is 19.6. The quantitative estimate of drug-likeness (QED) is 0.304. The predicted octanol–water partition coefficient (Wildman–Crippen LogP) is 7.65. The molecule has 0 aliphatic rings. The highest BCUT2D eigenvalue weighted by atomic mass is 35.5. The van der Waals surface area contributed by atoms with Gasteiger partial charge in [-0.25, -0.2) is 0 Å². The third-order valence-electron chi connectivity index (χ3n) is 5.27. The summed E-state index contributed by atoms with van der Waals surface area (Å²) in [5.74, 6) is 0.170. The van der Waals surface area contributed by atoms with Crippen LogP contribution < -0.4 is 0 Å². The molecule has 0 saturated carbocycles. The fraction of sp³-hybridized carbons (Fsp3) is 0.167. The minimum Gasteiger partial charge on any atom is -0.508 e. The van der Waals surface area contributed by atoms with E-state index in [1.165, 1.54) is 31.3 Å². The Morgan fingerprint density at radius 3 is 2.46 bits per heavy atom. The molecule has 0 amide bonds. The summed E-state index contributed by atoms with van der Waals surface area (Å²) < 4.78 is 4.75. The van der Waals surface area contributed by atoms with Crippen molar-refractivity contribution in [2.45, 2.75) is 26.2 Å². The fourth-order valence-corrected chi connectivity index (χ4v) is 5.33. The van der Waals surface area contributed by atoms with Crippen LogP contribution in [0.15, 0.2) is 60.7 Å². The Morgan fingerprint density at radius 1 is 0.929 bits per heavy atom. The summed E-state index contributed by atoms with van der Waals surface area (Å²) in [6.07, 6.45) is 0. The van der Waals surface area contributed by atoms with Gasteiger partial charge in [-0.15, -0.1) is 11.3 Å². The number of halogens is 1.